The zero-order valence-corrected chi connectivity index (χ0v) is 21.0. The minimum absolute atomic E-state index is 0.00372. The molecule has 1 aliphatic rings. The largest absolute Gasteiger partial charge is 0.503 e. The number of benzene rings is 2. The van der Waals surface area contributed by atoms with Crippen LogP contribution in [-0.2, 0) is 14.3 Å². The predicted octanol–water partition coefficient (Wildman–Crippen LogP) is 4.66. The van der Waals surface area contributed by atoms with Gasteiger partial charge in [0, 0.05) is 32.7 Å². The maximum Gasteiger partial charge on any atom is 0.308 e. The summed E-state index contributed by atoms with van der Waals surface area (Å²) in [7, 11) is 1.57. The van der Waals surface area contributed by atoms with Crippen molar-refractivity contribution in [3.63, 3.8) is 0 Å². The number of ketones is 1. The Morgan fingerprint density at radius 2 is 1.81 bits per heavy atom. The van der Waals surface area contributed by atoms with Crippen molar-refractivity contribution in [3.05, 3.63) is 82.1 Å². The molecule has 0 bridgehead atoms. The molecular weight excluding hydrogens is 480 g/mol. The summed E-state index contributed by atoms with van der Waals surface area (Å²) >= 11 is 1.23. The summed E-state index contributed by atoms with van der Waals surface area (Å²) in [5.74, 6) is -1.74. The molecule has 36 heavy (non-hydrogen) atoms. The van der Waals surface area contributed by atoms with E-state index in [2.05, 4.69) is 4.98 Å². The Morgan fingerprint density at radius 3 is 2.44 bits per heavy atom. The van der Waals surface area contributed by atoms with E-state index in [0.717, 1.165) is 5.56 Å². The fourth-order valence-corrected chi connectivity index (χ4v) is 5.19. The summed E-state index contributed by atoms with van der Waals surface area (Å²) in [6.07, 6.45) is 0.525. The van der Waals surface area contributed by atoms with Crippen molar-refractivity contribution in [1.82, 2.24) is 9.88 Å². The van der Waals surface area contributed by atoms with E-state index in [1.165, 1.54) is 23.2 Å². The molecule has 0 fully saturated rings. The number of hydrogen-bond donors (Lipinski definition) is 1. The van der Waals surface area contributed by atoms with Crippen LogP contribution in [-0.4, -0.2) is 52.9 Å². The molecule has 1 N–H and O–H groups in total. The third kappa shape index (κ3) is 5.07. The molecule has 3 aromatic rings. The molecule has 1 aliphatic heterocycles. The van der Waals surface area contributed by atoms with E-state index in [1.54, 1.807) is 38.3 Å². The number of methoxy groups -OCH3 is 1. The van der Waals surface area contributed by atoms with Crippen molar-refractivity contribution in [2.45, 2.75) is 26.3 Å². The zero-order valence-electron chi connectivity index (χ0n) is 20.2. The van der Waals surface area contributed by atoms with Gasteiger partial charge in [0.25, 0.3) is 5.91 Å². The highest BCUT2D eigenvalue weighted by molar-refractivity contribution is 7.17. The first-order valence-electron chi connectivity index (χ1n) is 11.4. The molecule has 2 aromatic carbocycles. The monoisotopic (exact) mass is 506 g/mol. The molecule has 186 valence electrons. The molecule has 1 atom stereocenters. The van der Waals surface area contributed by atoms with Crippen LogP contribution in [0.3, 0.4) is 0 Å². The van der Waals surface area contributed by atoms with E-state index >= 15 is 0 Å². The second kappa shape index (κ2) is 10.8. The maximum atomic E-state index is 13.8. The number of carbonyl (C=O) groups excluding carboxylic acids is 3. The van der Waals surface area contributed by atoms with Crippen molar-refractivity contribution in [2.24, 2.45) is 0 Å². The van der Waals surface area contributed by atoms with Crippen LogP contribution in [0.1, 0.15) is 40.3 Å². The maximum absolute atomic E-state index is 13.8. The molecule has 0 radical (unpaired) electrons. The number of aliphatic hydroxyl groups excluding tert-OH is 1. The number of esters is 1. The van der Waals surface area contributed by atoms with Gasteiger partial charge in [-0.3, -0.25) is 14.4 Å². The van der Waals surface area contributed by atoms with E-state index in [0.29, 0.717) is 39.9 Å². The number of ether oxygens (including phenoxy) is 2. The molecule has 2 heterocycles. The Kier molecular flexibility index (Phi) is 7.61. The topological polar surface area (TPSA) is 106 Å². The summed E-state index contributed by atoms with van der Waals surface area (Å²) < 4.78 is 10.2. The number of carbonyl (C=O) groups is 3. The lowest BCUT2D eigenvalue weighted by Gasteiger charge is -2.26. The van der Waals surface area contributed by atoms with E-state index in [-0.39, 0.29) is 12.1 Å². The number of amides is 1. The summed E-state index contributed by atoms with van der Waals surface area (Å²) in [5.41, 5.74) is 2.01. The summed E-state index contributed by atoms with van der Waals surface area (Å²) in [6.45, 7) is 3.74. The van der Waals surface area contributed by atoms with Crippen LogP contribution in [0.5, 0.6) is 5.75 Å². The molecule has 4 rings (SSSR count). The van der Waals surface area contributed by atoms with Gasteiger partial charge in [-0.05, 0) is 31.0 Å². The first-order chi connectivity index (χ1) is 17.3. The van der Waals surface area contributed by atoms with Crippen LogP contribution in [0.25, 0.3) is 10.6 Å². The van der Waals surface area contributed by atoms with Crippen molar-refractivity contribution < 1.29 is 29.0 Å². The van der Waals surface area contributed by atoms with Gasteiger partial charge >= 0.3 is 5.97 Å². The molecule has 0 saturated heterocycles. The van der Waals surface area contributed by atoms with Crippen LogP contribution in [0.4, 0.5) is 0 Å². The summed E-state index contributed by atoms with van der Waals surface area (Å²) in [4.78, 5) is 44.6. The summed E-state index contributed by atoms with van der Waals surface area (Å²) in [5, 5.41) is 11.6. The van der Waals surface area contributed by atoms with E-state index in [1.807, 2.05) is 30.3 Å². The summed E-state index contributed by atoms with van der Waals surface area (Å²) in [6, 6.07) is 15.3. The molecule has 8 nitrogen and oxygen atoms in total. The Balaban J connectivity index is 1.73. The number of thiazole rings is 1. The number of hydrogen-bond acceptors (Lipinski definition) is 8. The number of aliphatic hydroxyl groups is 1. The van der Waals surface area contributed by atoms with Gasteiger partial charge in [-0.2, -0.15) is 0 Å². The molecule has 1 aromatic heterocycles. The molecule has 9 heteroatoms. The third-order valence-electron chi connectivity index (χ3n) is 5.78. The number of aryl methyl sites for hydroxylation is 1. The average molecular weight is 507 g/mol. The van der Waals surface area contributed by atoms with Gasteiger partial charge in [0.1, 0.15) is 10.8 Å². The highest BCUT2D eigenvalue weighted by atomic mass is 32.1. The minimum atomic E-state index is -0.810. The lowest BCUT2D eigenvalue weighted by Crippen LogP contribution is -2.32. The lowest BCUT2D eigenvalue weighted by atomic mass is 9.95. The normalized spacial score (nSPS) is 15.5. The number of aromatic nitrogens is 1. The molecule has 0 saturated carbocycles. The van der Waals surface area contributed by atoms with Crippen molar-refractivity contribution in [2.75, 3.05) is 20.3 Å². The van der Waals surface area contributed by atoms with Crippen molar-refractivity contribution in [1.29, 1.82) is 0 Å². The standard InChI is InChI=1S/C27H26N2O6S/c1-16-25(36-26(28-16)19-8-5-4-6-9-19)23(31)21-22(18-10-12-20(13-11-18)35-17(2)30)29(14-7-15-34-3)27(33)24(21)32/h4-6,8-13,22,32H,7,14-15H2,1-3H3. The third-order valence-corrected chi connectivity index (χ3v) is 6.98. The van der Waals surface area contributed by atoms with Gasteiger partial charge in [-0.1, -0.05) is 42.5 Å². The first-order valence-corrected chi connectivity index (χ1v) is 12.2. The van der Waals surface area contributed by atoms with Crippen LogP contribution in [0.2, 0.25) is 0 Å². The Hall–Kier alpha value is -3.82. The molecule has 1 unspecified atom stereocenters. The fraction of sp³-hybridized carbons (Fsp3) is 0.259. The number of nitrogens with zero attached hydrogens (tertiary/aromatic N) is 2. The fourth-order valence-electron chi connectivity index (χ4n) is 4.16. The van der Waals surface area contributed by atoms with Gasteiger partial charge < -0.3 is 19.5 Å². The Labute approximate surface area is 212 Å². The van der Waals surface area contributed by atoms with Gasteiger partial charge in [0.05, 0.1) is 22.2 Å². The first kappa shape index (κ1) is 25.3. The van der Waals surface area contributed by atoms with Gasteiger partial charge in [0.15, 0.2) is 5.76 Å². The molecule has 1 amide bonds. The average Bonchev–Trinajstić information content (AvgIpc) is 3.37. The number of rotatable bonds is 9. The van der Waals surface area contributed by atoms with Crippen molar-refractivity contribution >= 4 is 29.0 Å². The smallest absolute Gasteiger partial charge is 0.308 e. The van der Waals surface area contributed by atoms with Crippen LogP contribution < -0.4 is 4.74 Å². The molecule has 0 spiro atoms. The number of Topliss-reactive ketones (excluding diaryl/α,β-unsaturated/α-hetero) is 1. The zero-order chi connectivity index (χ0) is 25.8. The quantitative estimate of drug-likeness (QED) is 0.195. The Morgan fingerprint density at radius 1 is 1.11 bits per heavy atom. The van der Waals surface area contributed by atoms with Crippen LogP contribution in [0, 0.1) is 6.92 Å². The van der Waals surface area contributed by atoms with E-state index in [9.17, 15) is 19.5 Å². The van der Waals surface area contributed by atoms with Gasteiger partial charge in [-0.15, -0.1) is 11.3 Å². The highest BCUT2D eigenvalue weighted by Crippen LogP contribution is 2.41. The molecule has 0 aliphatic carbocycles. The van der Waals surface area contributed by atoms with Crippen LogP contribution >= 0.6 is 11.3 Å². The second-order valence-electron chi connectivity index (χ2n) is 8.30. The van der Waals surface area contributed by atoms with Gasteiger partial charge in [0.2, 0.25) is 5.78 Å². The SMILES string of the molecule is COCCCN1C(=O)C(O)=C(C(=O)c2sc(-c3ccccc3)nc2C)C1c1ccc(OC(C)=O)cc1. The minimum Gasteiger partial charge on any atom is -0.503 e. The second-order valence-corrected chi connectivity index (χ2v) is 9.30. The van der Waals surface area contributed by atoms with Crippen LogP contribution in [0.15, 0.2) is 65.9 Å². The van der Waals surface area contributed by atoms with Gasteiger partial charge in [-0.25, -0.2) is 4.98 Å². The lowest BCUT2D eigenvalue weighted by molar-refractivity contribution is -0.132. The van der Waals surface area contributed by atoms with E-state index in [4.69, 9.17) is 9.47 Å². The predicted molar refractivity (Wildman–Crippen MR) is 135 cm³/mol. The van der Waals surface area contributed by atoms with Crippen molar-refractivity contribution in [3.8, 4) is 16.3 Å². The highest BCUT2D eigenvalue weighted by Gasteiger charge is 2.44. The Bertz CT molecular complexity index is 1310. The van der Waals surface area contributed by atoms with E-state index < -0.39 is 29.5 Å². The molecular formula is C27H26N2O6S.